The van der Waals surface area contributed by atoms with Gasteiger partial charge in [-0.05, 0) is 44.6 Å². The van der Waals surface area contributed by atoms with Gasteiger partial charge in [0.25, 0.3) is 0 Å². The number of anilines is 1. The minimum Gasteiger partial charge on any atom is -0.382 e. The molecule has 0 unspecified atom stereocenters. The molecule has 0 heterocycles. The largest absolute Gasteiger partial charge is 0.382 e. The van der Waals surface area contributed by atoms with Crippen molar-refractivity contribution < 1.29 is 9.53 Å². The van der Waals surface area contributed by atoms with Gasteiger partial charge in [0.05, 0.1) is 0 Å². The number of rotatable bonds is 7. The summed E-state index contributed by atoms with van der Waals surface area (Å²) >= 11 is 5.17. The van der Waals surface area contributed by atoms with Crippen LogP contribution >= 0.6 is 12.2 Å². The summed E-state index contributed by atoms with van der Waals surface area (Å²) in [4.78, 5) is 11.3. The average Bonchev–Trinajstić information content (AvgIpc) is 2.38. The lowest BCUT2D eigenvalue weighted by Gasteiger charge is -2.11. The van der Waals surface area contributed by atoms with E-state index in [4.69, 9.17) is 17.0 Å². The third-order valence-electron chi connectivity index (χ3n) is 2.48. The highest BCUT2D eigenvalue weighted by Gasteiger charge is 2.01. The minimum absolute atomic E-state index is 0.0410. The molecule has 0 saturated carbocycles. The fourth-order valence-corrected chi connectivity index (χ4v) is 1.73. The number of benzene rings is 1. The summed E-state index contributed by atoms with van der Waals surface area (Å²) in [6, 6.07) is 7.28. The Hall–Kier alpha value is -1.46. The van der Waals surface area contributed by atoms with Gasteiger partial charge in [-0.1, -0.05) is 12.1 Å². The molecule has 0 fully saturated rings. The van der Waals surface area contributed by atoms with E-state index in [1.165, 1.54) is 0 Å². The van der Waals surface area contributed by atoms with Crippen molar-refractivity contribution in [2.24, 2.45) is 0 Å². The van der Waals surface area contributed by atoms with E-state index in [0.717, 1.165) is 31.9 Å². The van der Waals surface area contributed by atoms with Crippen molar-refractivity contribution in [2.75, 3.05) is 25.1 Å². The Labute approximate surface area is 119 Å². The third-order valence-corrected chi connectivity index (χ3v) is 2.73. The van der Waals surface area contributed by atoms with Crippen LogP contribution in [0.25, 0.3) is 0 Å². The smallest absolute Gasteiger partial charge is 0.170 e. The Morgan fingerprint density at radius 1 is 1.42 bits per heavy atom. The molecule has 0 atom stereocenters. The van der Waals surface area contributed by atoms with Crippen molar-refractivity contribution in [1.82, 2.24) is 5.32 Å². The Kier molecular flexibility index (Phi) is 7.07. The second-order valence-electron chi connectivity index (χ2n) is 4.07. The van der Waals surface area contributed by atoms with Gasteiger partial charge in [-0.3, -0.25) is 4.79 Å². The summed E-state index contributed by atoms with van der Waals surface area (Å²) in [7, 11) is 0. The molecular weight excluding hydrogens is 260 g/mol. The van der Waals surface area contributed by atoms with Crippen molar-refractivity contribution in [2.45, 2.75) is 20.3 Å². The zero-order valence-corrected chi connectivity index (χ0v) is 12.2. The number of carbonyl (C=O) groups excluding carboxylic acids is 1. The number of hydrogen-bond acceptors (Lipinski definition) is 3. The maximum Gasteiger partial charge on any atom is 0.170 e. The van der Waals surface area contributed by atoms with Gasteiger partial charge in [0.15, 0.2) is 10.9 Å². The van der Waals surface area contributed by atoms with Crippen molar-refractivity contribution in [3.63, 3.8) is 0 Å². The standard InChI is InChI=1S/C14H20N2O2S/c1-3-18-9-5-8-15-14(19)16-13-7-4-6-12(10-13)11(2)17/h4,6-7,10H,3,5,8-9H2,1-2H3,(H2,15,16,19). The lowest BCUT2D eigenvalue weighted by atomic mass is 10.1. The van der Waals surface area contributed by atoms with Crippen LogP contribution in [-0.4, -0.2) is 30.7 Å². The fraction of sp³-hybridized carbons (Fsp3) is 0.429. The minimum atomic E-state index is 0.0410. The van der Waals surface area contributed by atoms with E-state index in [0.29, 0.717) is 10.7 Å². The maximum atomic E-state index is 11.3. The Balaban J connectivity index is 2.35. The van der Waals surface area contributed by atoms with Gasteiger partial charge in [-0.25, -0.2) is 0 Å². The number of hydrogen-bond donors (Lipinski definition) is 2. The molecule has 0 aliphatic heterocycles. The first kappa shape index (κ1) is 15.6. The van der Waals surface area contributed by atoms with Crippen molar-refractivity contribution in [3.8, 4) is 0 Å². The molecule has 1 aromatic carbocycles. The average molecular weight is 280 g/mol. The monoisotopic (exact) mass is 280 g/mol. The molecule has 104 valence electrons. The van der Waals surface area contributed by atoms with E-state index < -0.39 is 0 Å². The van der Waals surface area contributed by atoms with Gasteiger partial charge in [-0.15, -0.1) is 0 Å². The van der Waals surface area contributed by atoms with Gasteiger partial charge in [0.2, 0.25) is 0 Å². The van der Waals surface area contributed by atoms with Gasteiger partial charge >= 0.3 is 0 Å². The van der Waals surface area contributed by atoms with Crippen LogP contribution in [0.15, 0.2) is 24.3 Å². The van der Waals surface area contributed by atoms with Crippen LogP contribution < -0.4 is 10.6 Å². The number of ketones is 1. The van der Waals surface area contributed by atoms with Crippen LogP contribution in [0.2, 0.25) is 0 Å². The number of thiocarbonyl (C=S) groups is 1. The van der Waals surface area contributed by atoms with Crippen LogP contribution in [-0.2, 0) is 4.74 Å². The van der Waals surface area contributed by atoms with E-state index >= 15 is 0 Å². The molecule has 2 N–H and O–H groups in total. The summed E-state index contributed by atoms with van der Waals surface area (Å²) in [5.74, 6) is 0.0410. The molecule has 0 amide bonds. The second-order valence-corrected chi connectivity index (χ2v) is 4.48. The molecule has 4 nitrogen and oxygen atoms in total. The molecular formula is C14H20N2O2S. The van der Waals surface area contributed by atoms with Gasteiger partial charge in [0, 0.05) is 31.0 Å². The lowest BCUT2D eigenvalue weighted by Crippen LogP contribution is -2.29. The topological polar surface area (TPSA) is 50.4 Å². The molecule has 1 rings (SSSR count). The van der Waals surface area contributed by atoms with Crippen LogP contribution in [0, 0.1) is 0 Å². The normalized spacial score (nSPS) is 10.0. The van der Waals surface area contributed by atoms with Crippen LogP contribution in [0.3, 0.4) is 0 Å². The van der Waals surface area contributed by atoms with E-state index in [-0.39, 0.29) is 5.78 Å². The molecule has 0 radical (unpaired) electrons. The fourth-order valence-electron chi connectivity index (χ4n) is 1.51. The predicted octanol–water partition coefficient (Wildman–Crippen LogP) is 2.60. The highest BCUT2D eigenvalue weighted by atomic mass is 32.1. The lowest BCUT2D eigenvalue weighted by molar-refractivity contribution is 0.101. The quantitative estimate of drug-likeness (QED) is 0.457. The molecule has 0 spiro atoms. The molecule has 0 aromatic heterocycles. The second kappa shape index (κ2) is 8.61. The first-order valence-corrected chi connectivity index (χ1v) is 6.78. The van der Waals surface area contributed by atoms with E-state index in [1.54, 1.807) is 19.1 Å². The Morgan fingerprint density at radius 3 is 2.89 bits per heavy atom. The highest BCUT2D eigenvalue weighted by molar-refractivity contribution is 7.80. The van der Waals surface area contributed by atoms with E-state index in [9.17, 15) is 4.79 Å². The summed E-state index contributed by atoms with van der Waals surface area (Å²) in [5, 5.41) is 6.70. The first-order valence-electron chi connectivity index (χ1n) is 6.37. The van der Waals surface area contributed by atoms with Gasteiger partial charge < -0.3 is 15.4 Å². The number of ether oxygens (including phenoxy) is 1. The molecule has 0 saturated heterocycles. The zero-order valence-electron chi connectivity index (χ0n) is 11.4. The third kappa shape index (κ3) is 6.31. The number of carbonyl (C=O) groups is 1. The molecule has 1 aromatic rings. The Bertz CT molecular complexity index is 435. The zero-order chi connectivity index (χ0) is 14.1. The first-order chi connectivity index (χ1) is 9.13. The van der Waals surface area contributed by atoms with Crippen LogP contribution in [0.4, 0.5) is 5.69 Å². The van der Waals surface area contributed by atoms with Crippen molar-refractivity contribution >= 4 is 28.8 Å². The Morgan fingerprint density at radius 2 is 2.21 bits per heavy atom. The number of Topliss-reactive ketones (excluding diaryl/α,β-unsaturated/α-hetero) is 1. The van der Waals surface area contributed by atoms with Gasteiger partial charge in [0.1, 0.15) is 0 Å². The van der Waals surface area contributed by atoms with Crippen LogP contribution in [0.5, 0.6) is 0 Å². The number of nitrogens with one attached hydrogen (secondary N) is 2. The van der Waals surface area contributed by atoms with Crippen LogP contribution in [0.1, 0.15) is 30.6 Å². The van der Waals surface area contributed by atoms with Gasteiger partial charge in [-0.2, -0.15) is 0 Å². The summed E-state index contributed by atoms with van der Waals surface area (Å²) in [6.07, 6.45) is 0.906. The summed E-state index contributed by atoms with van der Waals surface area (Å²) in [5.41, 5.74) is 1.49. The molecule has 19 heavy (non-hydrogen) atoms. The van der Waals surface area contributed by atoms with Crippen molar-refractivity contribution in [3.05, 3.63) is 29.8 Å². The SMILES string of the molecule is CCOCCCNC(=S)Nc1cccc(C(C)=O)c1. The maximum absolute atomic E-state index is 11.3. The molecule has 5 heteroatoms. The van der Waals surface area contributed by atoms with E-state index in [2.05, 4.69) is 10.6 Å². The summed E-state index contributed by atoms with van der Waals surface area (Å²) in [6.45, 7) is 5.75. The summed E-state index contributed by atoms with van der Waals surface area (Å²) < 4.78 is 5.23. The highest BCUT2D eigenvalue weighted by Crippen LogP contribution is 2.10. The molecule has 0 aliphatic carbocycles. The van der Waals surface area contributed by atoms with Crippen molar-refractivity contribution in [1.29, 1.82) is 0 Å². The molecule has 0 bridgehead atoms. The molecule has 0 aliphatic rings. The van der Waals surface area contributed by atoms with E-state index in [1.807, 2.05) is 19.1 Å². The predicted molar refractivity (Wildman–Crippen MR) is 81.8 cm³/mol.